The third kappa shape index (κ3) is 6.17. The van der Waals surface area contributed by atoms with Crippen LogP contribution in [0, 0.1) is 11.3 Å². The maximum atomic E-state index is 13.2. The zero-order valence-corrected chi connectivity index (χ0v) is 20.8. The van der Waals surface area contributed by atoms with Gasteiger partial charge in [0.2, 0.25) is 5.88 Å². The number of nitrogens with zero attached hydrogens (tertiary/aromatic N) is 4. The summed E-state index contributed by atoms with van der Waals surface area (Å²) in [6.07, 6.45) is 1.08. The lowest BCUT2D eigenvalue weighted by Crippen LogP contribution is -2.58. The van der Waals surface area contributed by atoms with Gasteiger partial charge in [0.1, 0.15) is 12.7 Å². The van der Waals surface area contributed by atoms with Gasteiger partial charge >= 0.3 is 0 Å². The topological polar surface area (TPSA) is 87.9 Å². The Kier molecular flexibility index (Phi) is 9.11. The second kappa shape index (κ2) is 12.0. The fourth-order valence-electron chi connectivity index (χ4n) is 3.97. The van der Waals surface area contributed by atoms with Gasteiger partial charge in [-0.15, -0.1) is 0 Å². The van der Waals surface area contributed by atoms with Gasteiger partial charge in [-0.1, -0.05) is 11.6 Å². The summed E-state index contributed by atoms with van der Waals surface area (Å²) in [5, 5.41) is 9.55. The highest BCUT2D eigenvalue weighted by Gasteiger charge is 2.33. The molecule has 34 heavy (non-hydrogen) atoms. The van der Waals surface area contributed by atoms with Gasteiger partial charge in [0.15, 0.2) is 6.29 Å². The maximum absolute atomic E-state index is 13.2. The van der Waals surface area contributed by atoms with Crippen LogP contribution in [0.3, 0.4) is 0 Å². The Morgan fingerprint density at radius 1 is 1.18 bits per heavy atom. The minimum atomic E-state index is -0.456. The van der Waals surface area contributed by atoms with Crippen molar-refractivity contribution in [1.82, 2.24) is 9.88 Å². The van der Waals surface area contributed by atoms with Crippen molar-refractivity contribution in [3.63, 3.8) is 0 Å². The molecular formula is C25H31ClN4O4. The van der Waals surface area contributed by atoms with Crippen LogP contribution in [0.1, 0.15) is 43.6 Å². The smallest absolute Gasteiger partial charge is 0.255 e. The summed E-state index contributed by atoms with van der Waals surface area (Å²) in [6.45, 7) is 10.4. The van der Waals surface area contributed by atoms with Gasteiger partial charge in [-0.2, -0.15) is 5.26 Å². The molecule has 1 aromatic heterocycles. The van der Waals surface area contributed by atoms with Crippen molar-refractivity contribution in [1.29, 1.82) is 5.26 Å². The summed E-state index contributed by atoms with van der Waals surface area (Å²) < 4.78 is 16.6. The van der Waals surface area contributed by atoms with Gasteiger partial charge in [-0.25, -0.2) is 4.98 Å². The van der Waals surface area contributed by atoms with Crippen LogP contribution in [0.5, 0.6) is 5.88 Å². The van der Waals surface area contributed by atoms with Crippen molar-refractivity contribution < 1.29 is 19.0 Å². The number of pyridine rings is 1. The molecule has 1 aromatic carbocycles. The van der Waals surface area contributed by atoms with E-state index in [9.17, 15) is 4.79 Å². The van der Waals surface area contributed by atoms with E-state index in [0.29, 0.717) is 48.3 Å². The van der Waals surface area contributed by atoms with Crippen LogP contribution in [0.15, 0.2) is 36.5 Å². The van der Waals surface area contributed by atoms with Crippen molar-refractivity contribution in [3.05, 3.63) is 52.7 Å². The Labute approximate surface area is 206 Å². The minimum Gasteiger partial charge on any atom is -0.472 e. The van der Waals surface area contributed by atoms with E-state index in [1.165, 1.54) is 6.20 Å². The molecule has 1 fully saturated rings. The molecule has 0 aliphatic carbocycles. The molecule has 1 saturated heterocycles. The van der Waals surface area contributed by atoms with Crippen LogP contribution >= 0.6 is 11.6 Å². The molecule has 1 amide bonds. The molecule has 1 aliphatic rings. The predicted molar refractivity (Wildman–Crippen MR) is 130 cm³/mol. The molecule has 2 heterocycles. The molecule has 8 nitrogen and oxygen atoms in total. The number of piperazine rings is 1. The van der Waals surface area contributed by atoms with Gasteiger partial charge in [0.25, 0.3) is 5.91 Å². The Morgan fingerprint density at radius 2 is 1.91 bits per heavy atom. The fraction of sp³-hybridized carbons (Fsp3) is 0.480. The van der Waals surface area contributed by atoms with Crippen LogP contribution in [-0.2, 0) is 9.47 Å². The molecule has 0 saturated carbocycles. The first-order chi connectivity index (χ1) is 16.4. The van der Waals surface area contributed by atoms with Crippen LogP contribution in [0.25, 0.3) is 0 Å². The molecule has 182 valence electrons. The van der Waals surface area contributed by atoms with E-state index in [-0.39, 0.29) is 24.6 Å². The quantitative estimate of drug-likeness (QED) is 0.492. The summed E-state index contributed by atoms with van der Waals surface area (Å²) in [6, 6.07) is 11.0. The number of carbonyl (C=O) groups is 1. The Morgan fingerprint density at radius 3 is 2.50 bits per heavy atom. The molecule has 3 rings (SSSR count). The van der Waals surface area contributed by atoms with Crippen molar-refractivity contribution >= 4 is 23.2 Å². The first-order valence-electron chi connectivity index (χ1n) is 11.5. The number of hydrogen-bond acceptors (Lipinski definition) is 7. The highest BCUT2D eigenvalue weighted by molar-refractivity contribution is 6.32. The number of nitriles is 1. The van der Waals surface area contributed by atoms with Crippen LogP contribution < -0.4 is 9.64 Å². The summed E-state index contributed by atoms with van der Waals surface area (Å²) in [5.74, 6) is 0.335. The van der Waals surface area contributed by atoms with E-state index in [2.05, 4.69) is 22.9 Å². The van der Waals surface area contributed by atoms with E-state index in [1.54, 1.807) is 18.2 Å². The molecule has 0 radical (unpaired) electrons. The molecule has 0 unspecified atom stereocenters. The Bertz CT molecular complexity index is 1000. The zero-order chi connectivity index (χ0) is 24.7. The molecule has 1 aliphatic heterocycles. The van der Waals surface area contributed by atoms with E-state index in [1.807, 2.05) is 37.8 Å². The fourth-order valence-corrected chi connectivity index (χ4v) is 4.19. The number of amides is 1. The molecule has 9 heteroatoms. The molecule has 0 spiro atoms. The van der Waals surface area contributed by atoms with E-state index in [0.717, 1.165) is 5.69 Å². The average Bonchev–Trinajstić information content (AvgIpc) is 2.84. The van der Waals surface area contributed by atoms with E-state index < -0.39 is 6.29 Å². The summed E-state index contributed by atoms with van der Waals surface area (Å²) >= 11 is 6.23. The zero-order valence-electron chi connectivity index (χ0n) is 20.0. The number of hydrogen-bond donors (Lipinski definition) is 0. The van der Waals surface area contributed by atoms with Gasteiger partial charge in [0, 0.05) is 56.3 Å². The number of halogens is 1. The molecule has 2 atom stereocenters. The summed E-state index contributed by atoms with van der Waals surface area (Å²) in [7, 11) is 0. The molecule has 2 aromatic rings. The van der Waals surface area contributed by atoms with E-state index >= 15 is 0 Å². The molecular weight excluding hydrogens is 456 g/mol. The summed E-state index contributed by atoms with van der Waals surface area (Å²) in [5.41, 5.74) is 1.90. The van der Waals surface area contributed by atoms with Crippen molar-refractivity contribution in [2.24, 2.45) is 0 Å². The number of carbonyl (C=O) groups excluding carboxylic acids is 1. The van der Waals surface area contributed by atoms with Crippen molar-refractivity contribution in [3.8, 4) is 11.9 Å². The Hall–Kier alpha value is -2.86. The SMILES string of the molecule is CCOC(COc1ccc(C(=O)N2C[C@H](C)N(c3ccc(C#N)c(Cl)c3)C[C@H]2C)cn1)OCC. The number of aromatic nitrogens is 1. The lowest BCUT2D eigenvalue weighted by Gasteiger charge is -2.45. The first kappa shape index (κ1) is 25.8. The maximum Gasteiger partial charge on any atom is 0.255 e. The number of ether oxygens (including phenoxy) is 3. The summed E-state index contributed by atoms with van der Waals surface area (Å²) in [4.78, 5) is 21.6. The highest BCUT2D eigenvalue weighted by atomic mass is 35.5. The van der Waals surface area contributed by atoms with Crippen LogP contribution in [0.2, 0.25) is 5.02 Å². The number of anilines is 1. The number of benzene rings is 1. The van der Waals surface area contributed by atoms with Crippen LogP contribution in [-0.4, -0.2) is 67.1 Å². The third-order valence-corrected chi connectivity index (χ3v) is 6.02. The van der Waals surface area contributed by atoms with Crippen molar-refractivity contribution in [2.75, 3.05) is 37.8 Å². The lowest BCUT2D eigenvalue weighted by atomic mass is 10.0. The van der Waals surface area contributed by atoms with Crippen LogP contribution in [0.4, 0.5) is 5.69 Å². The number of rotatable bonds is 9. The Balaban J connectivity index is 1.63. The third-order valence-electron chi connectivity index (χ3n) is 5.71. The largest absolute Gasteiger partial charge is 0.472 e. The second-order valence-electron chi connectivity index (χ2n) is 8.12. The standard InChI is InChI=1S/C25H31ClN4O4/c1-5-32-24(33-6-2)16-34-23-10-8-20(13-28-23)25(31)30-15-17(3)29(14-18(30)4)21-9-7-19(12-27)22(26)11-21/h7-11,13,17-18,24H,5-6,14-16H2,1-4H3/t17-,18+/m0/s1. The highest BCUT2D eigenvalue weighted by Crippen LogP contribution is 2.28. The van der Waals surface area contributed by atoms with Gasteiger partial charge < -0.3 is 24.0 Å². The van der Waals surface area contributed by atoms with Gasteiger partial charge in [0.05, 0.1) is 16.1 Å². The van der Waals surface area contributed by atoms with Gasteiger partial charge in [-0.3, -0.25) is 4.79 Å². The molecule has 0 bridgehead atoms. The molecule has 0 N–H and O–H groups in total. The van der Waals surface area contributed by atoms with Crippen molar-refractivity contribution in [2.45, 2.75) is 46.1 Å². The monoisotopic (exact) mass is 486 g/mol. The lowest BCUT2D eigenvalue weighted by molar-refractivity contribution is -0.152. The van der Waals surface area contributed by atoms with E-state index in [4.69, 9.17) is 31.1 Å². The second-order valence-corrected chi connectivity index (χ2v) is 8.53. The average molecular weight is 487 g/mol. The van der Waals surface area contributed by atoms with Gasteiger partial charge in [-0.05, 0) is 52.0 Å². The normalized spacial score (nSPS) is 18.1. The predicted octanol–water partition coefficient (Wildman–Crippen LogP) is 4.12. The minimum absolute atomic E-state index is 0.0211. The first-order valence-corrected chi connectivity index (χ1v) is 11.8.